The molecule has 0 aromatic heterocycles. The van der Waals surface area contributed by atoms with Gasteiger partial charge in [0.25, 0.3) is 0 Å². The molecule has 1 heterocycles. The highest BCUT2D eigenvalue weighted by atomic mass is 16.6. The van der Waals surface area contributed by atoms with Gasteiger partial charge in [0, 0.05) is 26.1 Å². The second-order valence-corrected chi connectivity index (χ2v) is 5.70. The number of nitrogens with one attached hydrogen (secondary N) is 2. The van der Waals surface area contributed by atoms with Gasteiger partial charge in [-0.2, -0.15) is 0 Å². The third kappa shape index (κ3) is 6.40. The van der Waals surface area contributed by atoms with Gasteiger partial charge < -0.3 is 20.3 Å². The van der Waals surface area contributed by atoms with E-state index in [1.807, 2.05) is 0 Å². The highest BCUT2D eigenvalue weighted by Gasteiger charge is 2.20. The Balaban J connectivity index is 2.29. The summed E-state index contributed by atoms with van der Waals surface area (Å²) in [5.41, 5.74) is -0.559. The van der Waals surface area contributed by atoms with Crippen molar-refractivity contribution in [1.82, 2.24) is 15.5 Å². The number of rotatable bonds is 3. The van der Waals surface area contributed by atoms with Crippen molar-refractivity contribution in [2.24, 2.45) is 0 Å². The number of ether oxygens (including phenoxy) is 1. The van der Waals surface area contributed by atoms with E-state index in [9.17, 15) is 14.4 Å². The number of carbonyl (C=O) groups excluding carboxylic acids is 3. The molecule has 0 aromatic carbocycles. The molecule has 20 heavy (non-hydrogen) atoms. The molecule has 0 spiro atoms. The van der Waals surface area contributed by atoms with Gasteiger partial charge in [-0.25, -0.2) is 4.79 Å². The second-order valence-electron chi connectivity index (χ2n) is 5.70. The van der Waals surface area contributed by atoms with Gasteiger partial charge in [0.15, 0.2) is 0 Å². The maximum atomic E-state index is 11.9. The Kier molecular flexibility index (Phi) is 5.79. The number of nitrogens with zero attached hydrogens (tertiary/aromatic N) is 1. The van der Waals surface area contributed by atoms with Crippen LogP contribution in [0.2, 0.25) is 0 Å². The summed E-state index contributed by atoms with van der Waals surface area (Å²) < 4.78 is 5.06. The van der Waals surface area contributed by atoms with Gasteiger partial charge in [0.1, 0.15) is 5.60 Å². The van der Waals surface area contributed by atoms with E-state index < -0.39 is 11.7 Å². The van der Waals surface area contributed by atoms with Gasteiger partial charge in [-0.15, -0.1) is 0 Å². The molecular weight excluding hydrogens is 262 g/mol. The summed E-state index contributed by atoms with van der Waals surface area (Å²) >= 11 is 0. The predicted molar refractivity (Wildman–Crippen MR) is 73.1 cm³/mol. The fourth-order valence-corrected chi connectivity index (χ4v) is 1.76. The number of carbonyl (C=O) groups is 3. The van der Waals surface area contributed by atoms with Crippen LogP contribution in [0.25, 0.3) is 0 Å². The van der Waals surface area contributed by atoms with Crippen molar-refractivity contribution in [2.75, 3.05) is 26.2 Å². The Morgan fingerprint density at radius 1 is 1.40 bits per heavy atom. The molecule has 1 fully saturated rings. The van der Waals surface area contributed by atoms with Crippen LogP contribution in [0, 0.1) is 0 Å². The topological polar surface area (TPSA) is 87.7 Å². The van der Waals surface area contributed by atoms with Crippen LogP contribution in [0.3, 0.4) is 0 Å². The average molecular weight is 285 g/mol. The molecule has 1 saturated heterocycles. The first-order valence-electron chi connectivity index (χ1n) is 6.79. The molecule has 0 saturated carbocycles. The lowest BCUT2D eigenvalue weighted by molar-refractivity contribution is -0.135. The summed E-state index contributed by atoms with van der Waals surface area (Å²) in [6.45, 7) is 6.76. The Morgan fingerprint density at radius 3 is 2.75 bits per heavy atom. The first kappa shape index (κ1) is 16.3. The molecule has 3 amide bonds. The minimum absolute atomic E-state index is 0.0886. The van der Waals surface area contributed by atoms with Crippen molar-refractivity contribution in [3.8, 4) is 0 Å². The number of hydrogen-bond donors (Lipinski definition) is 2. The zero-order valence-electron chi connectivity index (χ0n) is 12.3. The van der Waals surface area contributed by atoms with Crippen molar-refractivity contribution < 1.29 is 19.1 Å². The second kappa shape index (κ2) is 7.12. The van der Waals surface area contributed by atoms with Crippen LogP contribution in [-0.4, -0.2) is 54.6 Å². The molecule has 2 N–H and O–H groups in total. The largest absolute Gasteiger partial charge is 0.444 e. The highest BCUT2D eigenvalue weighted by Crippen LogP contribution is 2.06. The maximum absolute atomic E-state index is 11.9. The fourth-order valence-electron chi connectivity index (χ4n) is 1.76. The molecular formula is C13H23N3O4. The Hall–Kier alpha value is -1.79. The molecule has 1 aliphatic rings. The van der Waals surface area contributed by atoms with Crippen LogP contribution in [0.1, 0.15) is 33.6 Å². The number of amides is 3. The number of hydrogen-bond acceptors (Lipinski definition) is 4. The van der Waals surface area contributed by atoms with E-state index in [2.05, 4.69) is 10.6 Å². The fraction of sp³-hybridized carbons (Fsp3) is 0.769. The van der Waals surface area contributed by atoms with E-state index in [-0.39, 0.29) is 31.3 Å². The van der Waals surface area contributed by atoms with Crippen molar-refractivity contribution >= 4 is 17.9 Å². The zero-order chi connectivity index (χ0) is 15.2. The molecule has 7 heteroatoms. The molecule has 0 atom stereocenters. The van der Waals surface area contributed by atoms with Gasteiger partial charge in [-0.3, -0.25) is 9.59 Å². The predicted octanol–water partition coefficient (Wildman–Crippen LogP) is 0.250. The monoisotopic (exact) mass is 285 g/mol. The van der Waals surface area contributed by atoms with E-state index in [1.165, 1.54) is 4.90 Å². The van der Waals surface area contributed by atoms with Crippen LogP contribution in [-0.2, 0) is 14.3 Å². The van der Waals surface area contributed by atoms with E-state index in [0.29, 0.717) is 13.1 Å². The van der Waals surface area contributed by atoms with Crippen LogP contribution in [0.4, 0.5) is 4.79 Å². The normalized spacial score (nSPS) is 16.1. The smallest absolute Gasteiger partial charge is 0.407 e. The SMILES string of the molecule is CC(C)(C)OC(=O)NCCC(=O)N1CCCNC(=O)C1. The Bertz CT molecular complexity index is 376. The molecule has 0 aliphatic carbocycles. The quantitative estimate of drug-likeness (QED) is 0.778. The zero-order valence-corrected chi connectivity index (χ0v) is 12.3. The Morgan fingerprint density at radius 2 is 2.10 bits per heavy atom. The summed E-state index contributed by atoms with van der Waals surface area (Å²) in [5.74, 6) is -0.283. The molecule has 1 rings (SSSR count). The third-order valence-electron chi connectivity index (χ3n) is 2.62. The van der Waals surface area contributed by atoms with Gasteiger partial charge in [0.05, 0.1) is 6.54 Å². The first-order chi connectivity index (χ1) is 9.28. The van der Waals surface area contributed by atoms with Gasteiger partial charge in [0.2, 0.25) is 11.8 Å². The van der Waals surface area contributed by atoms with Crippen molar-refractivity contribution in [2.45, 2.75) is 39.2 Å². The standard InChI is InChI=1S/C13H23N3O4/c1-13(2,3)20-12(19)15-7-5-11(18)16-8-4-6-14-10(17)9-16/h4-9H2,1-3H3,(H,14,17)(H,15,19). The lowest BCUT2D eigenvalue weighted by Gasteiger charge is -2.21. The molecule has 7 nitrogen and oxygen atoms in total. The maximum Gasteiger partial charge on any atom is 0.407 e. The summed E-state index contributed by atoms with van der Waals surface area (Å²) in [5, 5.41) is 5.23. The van der Waals surface area contributed by atoms with Crippen molar-refractivity contribution in [1.29, 1.82) is 0 Å². The molecule has 0 bridgehead atoms. The van der Waals surface area contributed by atoms with E-state index in [1.54, 1.807) is 20.8 Å². The van der Waals surface area contributed by atoms with Gasteiger partial charge in [-0.1, -0.05) is 0 Å². The minimum Gasteiger partial charge on any atom is -0.444 e. The van der Waals surface area contributed by atoms with Crippen molar-refractivity contribution in [3.05, 3.63) is 0 Å². The summed E-state index contributed by atoms with van der Waals surface area (Å²) in [6, 6.07) is 0. The minimum atomic E-state index is -0.559. The van der Waals surface area contributed by atoms with Crippen LogP contribution in [0.15, 0.2) is 0 Å². The molecule has 0 aromatic rings. The Labute approximate surface area is 119 Å². The number of alkyl carbamates (subject to hydrolysis) is 1. The summed E-state index contributed by atoms with van der Waals surface area (Å²) in [4.78, 5) is 36.2. The highest BCUT2D eigenvalue weighted by molar-refractivity contribution is 5.85. The third-order valence-corrected chi connectivity index (χ3v) is 2.62. The summed E-state index contributed by atoms with van der Waals surface area (Å²) in [7, 11) is 0. The van der Waals surface area contributed by atoms with Crippen LogP contribution >= 0.6 is 0 Å². The first-order valence-corrected chi connectivity index (χ1v) is 6.79. The van der Waals surface area contributed by atoms with E-state index in [4.69, 9.17) is 4.74 Å². The molecule has 0 unspecified atom stereocenters. The van der Waals surface area contributed by atoms with Crippen LogP contribution < -0.4 is 10.6 Å². The van der Waals surface area contributed by atoms with Crippen LogP contribution in [0.5, 0.6) is 0 Å². The van der Waals surface area contributed by atoms with Gasteiger partial charge in [-0.05, 0) is 27.2 Å². The molecule has 114 valence electrons. The summed E-state index contributed by atoms with van der Waals surface area (Å²) in [6.07, 6.45) is 0.364. The van der Waals surface area contributed by atoms with E-state index >= 15 is 0 Å². The average Bonchev–Trinajstić information content (AvgIpc) is 2.51. The molecule has 0 radical (unpaired) electrons. The van der Waals surface area contributed by atoms with Crippen molar-refractivity contribution in [3.63, 3.8) is 0 Å². The lowest BCUT2D eigenvalue weighted by atomic mass is 10.2. The van der Waals surface area contributed by atoms with E-state index in [0.717, 1.165) is 6.42 Å². The van der Waals surface area contributed by atoms with Gasteiger partial charge >= 0.3 is 6.09 Å². The lowest BCUT2D eigenvalue weighted by Crippen LogP contribution is -2.39. The molecule has 1 aliphatic heterocycles.